The Bertz CT molecular complexity index is 459. The zero-order chi connectivity index (χ0) is 15.0. The summed E-state index contributed by atoms with van der Waals surface area (Å²) in [4.78, 5) is 23.1. The highest BCUT2D eigenvalue weighted by atomic mass is 16.5. The maximum absolute atomic E-state index is 12.0. The van der Waals surface area contributed by atoms with Crippen LogP contribution < -0.4 is 5.32 Å². The standard InChI is InChI=1S/C15H21NO4/c1-3-4-9-20-15(19)13(16-11(2)17)10-12-7-5-6-8-14(12)18/h5-8,13,18H,3-4,9-10H2,1-2H3,(H,16,17). The Morgan fingerprint density at radius 3 is 2.65 bits per heavy atom. The van der Waals surface area contributed by atoms with Gasteiger partial charge in [0.1, 0.15) is 11.8 Å². The SMILES string of the molecule is CCCCOC(=O)C(Cc1ccccc1O)NC(C)=O. The van der Waals surface area contributed by atoms with Crippen LogP contribution in [0.5, 0.6) is 5.75 Å². The van der Waals surface area contributed by atoms with Crippen molar-refractivity contribution in [2.75, 3.05) is 6.61 Å². The number of carbonyl (C=O) groups excluding carboxylic acids is 2. The molecule has 0 aliphatic heterocycles. The number of benzene rings is 1. The number of rotatable bonds is 7. The second kappa shape index (κ2) is 8.19. The Morgan fingerprint density at radius 1 is 1.35 bits per heavy atom. The van der Waals surface area contributed by atoms with Crippen LogP contribution in [0.3, 0.4) is 0 Å². The molecule has 0 saturated heterocycles. The molecule has 1 unspecified atom stereocenters. The lowest BCUT2D eigenvalue weighted by Crippen LogP contribution is -2.42. The van der Waals surface area contributed by atoms with Gasteiger partial charge < -0.3 is 15.2 Å². The fourth-order valence-electron chi connectivity index (χ4n) is 1.76. The molecule has 1 amide bonds. The monoisotopic (exact) mass is 279 g/mol. The van der Waals surface area contributed by atoms with E-state index in [9.17, 15) is 14.7 Å². The molecule has 1 aromatic rings. The Labute approximate surface area is 118 Å². The summed E-state index contributed by atoms with van der Waals surface area (Å²) < 4.78 is 5.12. The molecule has 2 N–H and O–H groups in total. The first-order chi connectivity index (χ1) is 9.54. The van der Waals surface area contributed by atoms with Gasteiger partial charge in [0, 0.05) is 13.3 Å². The third-order valence-corrected chi connectivity index (χ3v) is 2.82. The van der Waals surface area contributed by atoms with Crippen LogP contribution >= 0.6 is 0 Å². The minimum atomic E-state index is -0.780. The number of phenols is 1. The van der Waals surface area contributed by atoms with Gasteiger partial charge in [-0.25, -0.2) is 4.79 Å². The summed E-state index contributed by atoms with van der Waals surface area (Å²) in [6.45, 7) is 3.69. The largest absolute Gasteiger partial charge is 0.508 e. The van der Waals surface area contributed by atoms with Gasteiger partial charge in [0.05, 0.1) is 6.61 Å². The van der Waals surface area contributed by atoms with E-state index >= 15 is 0 Å². The van der Waals surface area contributed by atoms with E-state index in [-0.39, 0.29) is 18.1 Å². The normalized spacial score (nSPS) is 11.7. The van der Waals surface area contributed by atoms with Crippen LogP contribution in [0, 0.1) is 0 Å². The molecule has 5 heteroatoms. The molecule has 0 aromatic heterocycles. The van der Waals surface area contributed by atoms with Crippen LogP contribution in [0.15, 0.2) is 24.3 Å². The number of ether oxygens (including phenoxy) is 1. The molecule has 1 atom stereocenters. The van der Waals surface area contributed by atoms with Crippen molar-refractivity contribution in [1.29, 1.82) is 0 Å². The van der Waals surface area contributed by atoms with Crippen LogP contribution in [-0.4, -0.2) is 29.6 Å². The van der Waals surface area contributed by atoms with E-state index in [2.05, 4.69) is 5.32 Å². The Balaban J connectivity index is 2.71. The number of unbranched alkanes of at least 4 members (excludes halogenated alkanes) is 1. The molecule has 0 fully saturated rings. The van der Waals surface area contributed by atoms with Crippen molar-refractivity contribution in [1.82, 2.24) is 5.32 Å². The highest BCUT2D eigenvalue weighted by Gasteiger charge is 2.22. The Hall–Kier alpha value is -2.04. The van der Waals surface area contributed by atoms with E-state index in [4.69, 9.17) is 4.74 Å². The van der Waals surface area contributed by atoms with Gasteiger partial charge in [-0.3, -0.25) is 4.79 Å². The highest BCUT2D eigenvalue weighted by Crippen LogP contribution is 2.17. The summed E-state index contributed by atoms with van der Waals surface area (Å²) in [7, 11) is 0. The lowest BCUT2D eigenvalue weighted by Gasteiger charge is -2.17. The first-order valence-corrected chi connectivity index (χ1v) is 6.75. The molecular formula is C15H21NO4. The summed E-state index contributed by atoms with van der Waals surface area (Å²) >= 11 is 0. The summed E-state index contributed by atoms with van der Waals surface area (Å²) in [5.41, 5.74) is 0.596. The van der Waals surface area contributed by atoms with Gasteiger partial charge in [-0.05, 0) is 18.1 Å². The number of carbonyl (C=O) groups is 2. The van der Waals surface area contributed by atoms with Crippen LogP contribution in [0.25, 0.3) is 0 Å². The predicted octanol–water partition coefficient (Wildman–Crippen LogP) is 1.78. The molecule has 0 aliphatic carbocycles. The fourth-order valence-corrected chi connectivity index (χ4v) is 1.76. The number of esters is 1. The minimum absolute atomic E-state index is 0.101. The lowest BCUT2D eigenvalue weighted by molar-refractivity contribution is -0.147. The first kappa shape index (κ1) is 16.0. The molecule has 110 valence electrons. The Morgan fingerprint density at radius 2 is 2.05 bits per heavy atom. The topological polar surface area (TPSA) is 75.6 Å². The zero-order valence-corrected chi connectivity index (χ0v) is 11.9. The van der Waals surface area contributed by atoms with Crippen molar-refractivity contribution in [3.63, 3.8) is 0 Å². The molecular weight excluding hydrogens is 258 g/mol. The number of phenolic OH excluding ortho intramolecular Hbond substituents is 1. The van der Waals surface area contributed by atoms with Crippen molar-refractivity contribution in [3.05, 3.63) is 29.8 Å². The van der Waals surface area contributed by atoms with E-state index in [1.54, 1.807) is 24.3 Å². The van der Waals surface area contributed by atoms with Gasteiger partial charge in [0.25, 0.3) is 0 Å². The average molecular weight is 279 g/mol. The van der Waals surface area contributed by atoms with E-state index < -0.39 is 12.0 Å². The molecule has 1 rings (SSSR count). The number of hydrogen-bond acceptors (Lipinski definition) is 4. The molecule has 0 spiro atoms. The van der Waals surface area contributed by atoms with Crippen LogP contribution in [0.2, 0.25) is 0 Å². The maximum Gasteiger partial charge on any atom is 0.328 e. The highest BCUT2D eigenvalue weighted by molar-refractivity contribution is 5.83. The summed E-state index contributed by atoms with van der Waals surface area (Å²) in [5.74, 6) is -0.682. The van der Waals surface area contributed by atoms with Crippen molar-refractivity contribution < 1.29 is 19.4 Å². The van der Waals surface area contributed by atoms with Gasteiger partial charge >= 0.3 is 5.97 Å². The van der Waals surface area contributed by atoms with Crippen LogP contribution in [-0.2, 0) is 20.7 Å². The second-order valence-corrected chi connectivity index (χ2v) is 4.61. The number of nitrogens with one attached hydrogen (secondary N) is 1. The van der Waals surface area contributed by atoms with Gasteiger partial charge in [-0.15, -0.1) is 0 Å². The van der Waals surface area contributed by atoms with Gasteiger partial charge in [0.2, 0.25) is 5.91 Å². The van der Waals surface area contributed by atoms with E-state index in [0.29, 0.717) is 12.2 Å². The van der Waals surface area contributed by atoms with E-state index in [0.717, 1.165) is 12.8 Å². The number of aromatic hydroxyl groups is 1. The number of hydrogen-bond donors (Lipinski definition) is 2. The predicted molar refractivity (Wildman–Crippen MR) is 75.3 cm³/mol. The first-order valence-electron chi connectivity index (χ1n) is 6.75. The summed E-state index contributed by atoms with van der Waals surface area (Å²) in [6.07, 6.45) is 1.92. The fraction of sp³-hybridized carbons (Fsp3) is 0.467. The molecule has 1 aromatic carbocycles. The van der Waals surface area contributed by atoms with Crippen molar-refractivity contribution in [2.45, 2.75) is 39.2 Å². The molecule has 0 radical (unpaired) electrons. The summed E-state index contributed by atoms with van der Waals surface area (Å²) in [6, 6.07) is 5.94. The molecule has 20 heavy (non-hydrogen) atoms. The van der Waals surface area contributed by atoms with Crippen molar-refractivity contribution in [3.8, 4) is 5.75 Å². The van der Waals surface area contributed by atoms with Gasteiger partial charge in [-0.1, -0.05) is 31.5 Å². The third-order valence-electron chi connectivity index (χ3n) is 2.82. The van der Waals surface area contributed by atoms with Gasteiger partial charge in [-0.2, -0.15) is 0 Å². The summed E-state index contributed by atoms with van der Waals surface area (Å²) in [5, 5.41) is 12.3. The molecule has 5 nitrogen and oxygen atoms in total. The number of amides is 1. The smallest absolute Gasteiger partial charge is 0.328 e. The van der Waals surface area contributed by atoms with Gasteiger partial charge in [0.15, 0.2) is 0 Å². The van der Waals surface area contributed by atoms with Crippen molar-refractivity contribution in [2.24, 2.45) is 0 Å². The van der Waals surface area contributed by atoms with E-state index in [1.165, 1.54) is 6.92 Å². The Kier molecular flexibility index (Phi) is 6.56. The van der Waals surface area contributed by atoms with Crippen LogP contribution in [0.4, 0.5) is 0 Å². The molecule has 0 aliphatic rings. The molecule has 0 bridgehead atoms. The quantitative estimate of drug-likeness (QED) is 0.589. The molecule has 0 heterocycles. The van der Waals surface area contributed by atoms with Crippen molar-refractivity contribution >= 4 is 11.9 Å². The minimum Gasteiger partial charge on any atom is -0.508 e. The molecule has 0 saturated carbocycles. The number of para-hydroxylation sites is 1. The lowest BCUT2D eigenvalue weighted by atomic mass is 10.0. The third kappa shape index (κ3) is 5.30. The zero-order valence-electron chi connectivity index (χ0n) is 11.9. The van der Waals surface area contributed by atoms with E-state index in [1.807, 2.05) is 6.92 Å². The maximum atomic E-state index is 12.0. The average Bonchev–Trinajstić information content (AvgIpc) is 2.40. The second-order valence-electron chi connectivity index (χ2n) is 4.61. The van der Waals surface area contributed by atoms with Crippen LogP contribution in [0.1, 0.15) is 32.3 Å².